The number of hydrogen-bond acceptors (Lipinski definition) is 5. The van der Waals surface area contributed by atoms with E-state index in [-0.39, 0.29) is 0 Å². The zero-order chi connectivity index (χ0) is 13.9. The van der Waals surface area contributed by atoms with Crippen molar-refractivity contribution in [1.29, 1.82) is 0 Å². The lowest BCUT2D eigenvalue weighted by Crippen LogP contribution is -2.37. The monoisotopic (exact) mass is 275 g/mol. The molecule has 2 heterocycles. The lowest BCUT2D eigenvalue weighted by Gasteiger charge is -2.29. The standard InChI is InChI=1S/C15H21N3O2/c1-3-16-13-7-5-4-6-12(13)15-17-14(18-20-15)11-8-9-19-10(11)2/h8-9,12-13,16H,3-7H2,1-2H3. The second kappa shape index (κ2) is 5.79. The summed E-state index contributed by atoms with van der Waals surface area (Å²) in [5.74, 6) is 2.54. The molecule has 0 radical (unpaired) electrons. The van der Waals surface area contributed by atoms with E-state index in [9.17, 15) is 0 Å². The van der Waals surface area contributed by atoms with E-state index in [1.807, 2.05) is 13.0 Å². The van der Waals surface area contributed by atoms with Gasteiger partial charge in [-0.2, -0.15) is 4.98 Å². The molecule has 1 saturated carbocycles. The third kappa shape index (κ3) is 2.50. The van der Waals surface area contributed by atoms with E-state index in [0.29, 0.717) is 17.8 Å². The molecule has 2 aromatic heterocycles. The Bertz CT molecular complexity index is 559. The first-order valence-corrected chi connectivity index (χ1v) is 7.41. The first-order valence-electron chi connectivity index (χ1n) is 7.41. The highest BCUT2D eigenvalue weighted by atomic mass is 16.5. The molecule has 2 aromatic rings. The van der Waals surface area contributed by atoms with Crippen molar-refractivity contribution in [3.8, 4) is 11.4 Å². The fraction of sp³-hybridized carbons (Fsp3) is 0.600. The first-order chi connectivity index (χ1) is 9.79. The highest BCUT2D eigenvalue weighted by Crippen LogP contribution is 2.33. The zero-order valence-electron chi connectivity index (χ0n) is 12.1. The molecule has 0 saturated heterocycles. The second-order valence-electron chi connectivity index (χ2n) is 5.40. The van der Waals surface area contributed by atoms with E-state index in [0.717, 1.165) is 30.2 Å². The molecular weight excluding hydrogens is 254 g/mol. The van der Waals surface area contributed by atoms with E-state index in [1.165, 1.54) is 19.3 Å². The van der Waals surface area contributed by atoms with Crippen molar-refractivity contribution in [3.05, 3.63) is 24.0 Å². The number of rotatable bonds is 4. The van der Waals surface area contributed by atoms with Crippen LogP contribution in [0.2, 0.25) is 0 Å². The van der Waals surface area contributed by atoms with Gasteiger partial charge < -0.3 is 14.3 Å². The molecule has 0 spiro atoms. The topological polar surface area (TPSA) is 64.1 Å². The quantitative estimate of drug-likeness (QED) is 0.927. The van der Waals surface area contributed by atoms with E-state index in [2.05, 4.69) is 22.4 Å². The summed E-state index contributed by atoms with van der Waals surface area (Å²) in [5, 5.41) is 7.66. The molecule has 0 aromatic carbocycles. The molecule has 1 aliphatic rings. The lowest BCUT2D eigenvalue weighted by molar-refractivity contribution is 0.265. The van der Waals surface area contributed by atoms with Crippen LogP contribution < -0.4 is 5.32 Å². The Labute approximate surface area is 118 Å². The van der Waals surface area contributed by atoms with Gasteiger partial charge in [0.05, 0.1) is 17.7 Å². The van der Waals surface area contributed by atoms with Gasteiger partial charge in [0.2, 0.25) is 11.7 Å². The Hall–Kier alpha value is -1.62. The minimum Gasteiger partial charge on any atom is -0.469 e. The van der Waals surface area contributed by atoms with Gasteiger partial charge in [-0.1, -0.05) is 24.9 Å². The summed E-state index contributed by atoms with van der Waals surface area (Å²) in [4.78, 5) is 4.59. The van der Waals surface area contributed by atoms with Crippen molar-refractivity contribution in [2.75, 3.05) is 6.54 Å². The van der Waals surface area contributed by atoms with E-state index >= 15 is 0 Å². The van der Waals surface area contributed by atoms with Crippen molar-refractivity contribution in [3.63, 3.8) is 0 Å². The third-order valence-corrected chi connectivity index (χ3v) is 4.09. The number of likely N-dealkylation sites (N-methyl/N-ethyl adjacent to an activating group) is 1. The molecule has 108 valence electrons. The van der Waals surface area contributed by atoms with Crippen LogP contribution in [0.5, 0.6) is 0 Å². The maximum absolute atomic E-state index is 5.52. The molecule has 5 heteroatoms. The van der Waals surface area contributed by atoms with Gasteiger partial charge in [-0.05, 0) is 32.4 Å². The Morgan fingerprint density at radius 1 is 1.35 bits per heavy atom. The molecule has 0 amide bonds. The van der Waals surface area contributed by atoms with Crippen LogP contribution in [0.3, 0.4) is 0 Å². The van der Waals surface area contributed by atoms with Crippen LogP contribution >= 0.6 is 0 Å². The van der Waals surface area contributed by atoms with Crippen LogP contribution in [0.4, 0.5) is 0 Å². The minimum atomic E-state index is 0.331. The molecule has 1 N–H and O–H groups in total. The van der Waals surface area contributed by atoms with Crippen LogP contribution in [0.15, 0.2) is 21.3 Å². The van der Waals surface area contributed by atoms with E-state index in [4.69, 9.17) is 8.94 Å². The number of aryl methyl sites for hydroxylation is 1. The third-order valence-electron chi connectivity index (χ3n) is 4.09. The molecular formula is C15H21N3O2. The number of nitrogens with zero attached hydrogens (tertiary/aromatic N) is 2. The summed E-state index contributed by atoms with van der Waals surface area (Å²) in [6.45, 7) is 5.02. The molecule has 0 bridgehead atoms. The summed E-state index contributed by atoms with van der Waals surface area (Å²) in [5.41, 5.74) is 0.913. The van der Waals surface area contributed by atoms with Crippen LogP contribution in [0.25, 0.3) is 11.4 Å². The summed E-state index contributed by atoms with van der Waals surface area (Å²) in [7, 11) is 0. The second-order valence-corrected chi connectivity index (χ2v) is 5.40. The van der Waals surface area contributed by atoms with Gasteiger partial charge in [0.1, 0.15) is 5.76 Å². The SMILES string of the molecule is CCNC1CCCCC1c1nc(-c2ccoc2C)no1. The van der Waals surface area contributed by atoms with Gasteiger partial charge in [-0.25, -0.2) is 0 Å². The average Bonchev–Trinajstić information content (AvgIpc) is 3.08. The van der Waals surface area contributed by atoms with Crippen LogP contribution in [-0.4, -0.2) is 22.7 Å². The molecule has 2 unspecified atom stereocenters. The van der Waals surface area contributed by atoms with Crippen LogP contribution in [0.1, 0.15) is 50.2 Å². The van der Waals surface area contributed by atoms with Gasteiger partial charge in [0, 0.05) is 6.04 Å². The predicted octanol–water partition coefficient (Wildman–Crippen LogP) is 3.27. The molecule has 5 nitrogen and oxygen atoms in total. The molecule has 20 heavy (non-hydrogen) atoms. The molecule has 2 atom stereocenters. The van der Waals surface area contributed by atoms with Crippen molar-refractivity contribution in [1.82, 2.24) is 15.5 Å². The number of aromatic nitrogens is 2. The summed E-state index contributed by atoms with van der Waals surface area (Å²) >= 11 is 0. The predicted molar refractivity (Wildman–Crippen MR) is 75.4 cm³/mol. The summed E-state index contributed by atoms with van der Waals surface area (Å²) in [6.07, 6.45) is 6.46. The maximum Gasteiger partial charge on any atom is 0.231 e. The minimum absolute atomic E-state index is 0.331. The number of nitrogens with one attached hydrogen (secondary N) is 1. The smallest absolute Gasteiger partial charge is 0.231 e. The zero-order valence-corrected chi connectivity index (χ0v) is 12.1. The molecule has 1 fully saturated rings. The van der Waals surface area contributed by atoms with Crippen molar-refractivity contribution >= 4 is 0 Å². The average molecular weight is 275 g/mol. The maximum atomic E-state index is 5.52. The van der Waals surface area contributed by atoms with Crippen molar-refractivity contribution in [2.24, 2.45) is 0 Å². The Balaban J connectivity index is 1.83. The van der Waals surface area contributed by atoms with Gasteiger partial charge in [0.15, 0.2) is 0 Å². The highest BCUT2D eigenvalue weighted by Gasteiger charge is 2.30. The summed E-state index contributed by atoms with van der Waals surface area (Å²) < 4.78 is 10.8. The molecule has 3 rings (SSSR count). The van der Waals surface area contributed by atoms with E-state index in [1.54, 1.807) is 6.26 Å². The Morgan fingerprint density at radius 3 is 2.95 bits per heavy atom. The van der Waals surface area contributed by atoms with Gasteiger partial charge in [0.25, 0.3) is 0 Å². The molecule has 0 aliphatic heterocycles. The first kappa shape index (κ1) is 13.4. The molecule has 1 aliphatic carbocycles. The van der Waals surface area contributed by atoms with Gasteiger partial charge in [-0.15, -0.1) is 0 Å². The number of hydrogen-bond donors (Lipinski definition) is 1. The summed E-state index contributed by atoms with van der Waals surface area (Å²) in [6, 6.07) is 2.33. The van der Waals surface area contributed by atoms with E-state index < -0.39 is 0 Å². The van der Waals surface area contributed by atoms with Crippen LogP contribution in [-0.2, 0) is 0 Å². The number of furan rings is 1. The fourth-order valence-corrected chi connectivity index (χ4v) is 3.05. The Morgan fingerprint density at radius 2 is 2.20 bits per heavy atom. The van der Waals surface area contributed by atoms with Crippen molar-refractivity contribution < 1.29 is 8.94 Å². The van der Waals surface area contributed by atoms with Gasteiger partial charge in [-0.3, -0.25) is 0 Å². The lowest BCUT2D eigenvalue weighted by atomic mass is 9.84. The largest absolute Gasteiger partial charge is 0.469 e. The van der Waals surface area contributed by atoms with Gasteiger partial charge >= 0.3 is 0 Å². The highest BCUT2D eigenvalue weighted by molar-refractivity contribution is 5.56. The fourth-order valence-electron chi connectivity index (χ4n) is 3.05. The normalized spacial score (nSPS) is 23.1. The Kier molecular flexibility index (Phi) is 3.87. The van der Waals surface area contributed by atoms with Crippen molar-refractivity contribution in [2.45, 2.75) is 51.5 Å². The van der Waals surface area contributed by atoms with Crippen LogP contribution in [0, 0.1) is 6.92 Å².